The van der Waals surface area contributed by atoms with Crippen LogP contribution in [0.15, 0.2) is 36.4 Å². The lowest BCUT2D eigenvalue weighted by molar-refractivity contribution is -0.125. The molecular weight excluding hydrogens is 302 g/mol. The molecule has 0 unspecified atom stereocenters. The van der Waals surface area contributed by atoms with Gasteiger partial charge in [0.25, 0.3) is 5.91 Å². The number of carbonyl (C=O) groups is 4. The van der Waals surface area contributed by atoms with Gasteiger partial charge in [-0.1, -0.05) is 30.3 Å². The lowest BCUT2D eigenvalue weighted by Gasteiger charge is -2.17. The highest BCUT2D eigenvalue weighted by molar-refractivity contribution is 6.03. The molecule has 0 spiro atoms. The molecule has 0 saturated heterocycles. The number of hydrogen-bond donors (Lipinski definition) is 2. The Labute approximate surface area is 133 Å². The molecule has 0 aliphatic rings. The molecule has 1 rings (SSSR count). The van der Waals surface area contributed by atoms with E-state index in [1.54, 1.807) is 24.3 Å². The third kappa shape index (κ3) is 6.42. The van der Waals surface area contributed by atoms with Crippen LogP contribution in [0.3, 0.4) is 0 Å². The van der Waals surface area contributed by atoms with Crippen LogP contribution in [-0.2, 0) is 14.3 Å². The minimum atomic E-state index is -0.844. The fourth-order valence-corrected chi connectivity index (χ4v) is 1.50. The third-order valence-electron chi connectivity index (χ3n) is 2.62. The number of nitrogens with zero attached hydrogens (tertiary/aromatic N) is 1. The highest BCUT2D eigenvalue weighted by Crippen LogP contribution is 2.02. The average molecular weight is 319 g/mol. The smallest absolute Gasteiger partial charge is 0.408 e. The number of hydrogen-bond acceptors (Lipinski definition) is 5. The van der Waals surface area contributed by atoms with Crippen LogP contribution in [0, 0.1) is 0 Å². The molecule has 4 amide bonds. The number of imide groups is 1. The number of amides is 4. The highest BCUT2D eigenvalue weighted by atomic mass is 16.6. The summed E-state index contributed by atoms with van der Waals surface area (Å²) in [6, 6.07) is 8.16. The summed E-state index contributed by atoms with van der Waals surface area (Å²) >= 11 is 0. The minimum Gasteiger partial charge on any atom is -0.428 e. The highest BCUT2D eigenvalue weighted by Gasteiger charge is 2.18. The van der Waals surface area contributed by atoms with Gasteiger partial charge in [-0.05, 0) is 11.6 Å². The number of alkyl carbamates (subject to hydrolysis) is 1. The standard InChI is InChI=1S/C15H17N3O5/c1-16-15(22)23-11-17-14(21)18(9-10-19)13(20)8-7-12-5-3-2-4-6-12/h2-8,10H,9,11H2,1H3,(H,16,22)(H,17,21)/b8-7+. The quantitative estimate of drug-likeness (QED) is 0.457. The van der Waals surface area contributed by atoms with Gasteiger partial charge >= 0.3 is 12.1 Å². The molecule has 1 aromatic carbocycles. The first kappa shape index (κ1) is 17.9. The number of carbonyl (C=O) groups excluding carboxylic acids is 4. The summed E-state index contributed by atoms with van der Waals surface area (Å²) < 4.78 is 4.57. The predicted octanol–water partition coefficient (Wildman–Crippen LogP) is 0.750. The van der Waals surface area contributed by atoms with Gasteiger partial charge in [-0.2, -0.15) is 0 Å². The molecule has 8 heteroatoms. The second-order valence-corrected chi connectivity index (χ2v) is 4.17. The normalized spacial score (nSPS) is 9.96. The molecule has 0 radical (unpaired) electrons. The number of nitrogens with one attached hydrogen (secondary N) is 2. The Kier molecular flexibility index (Phi) is 7.56. The van der Waals surface area contributed by atoms with Crippen LogP contribution in [0.25, 0.3) is 6.08 Å². The van der Waals surface area contributed by atoms with Gasteiger partial charge in [0.1, 0.15) is 6.29 Å². The van der Waals surface area contributed by atoms with Gasteiger partial charge in [-0.25, -0.2) is 9.59 Å². The zero-order chi connectivity index (χ0) is 17.1. The van der Waals surface area contributed by atoms with Gasteiger partial charge < -0.3 is 20.2 Å². The Morgan fingerprint density at radius 3 is 2.52 bits per heavy atom. The summed E-state index contributed by atoms with van der Waals surface area (Å²) in [4.78, 5) is 46.0. The Morgan fingerprint density at radius 2 is 1.91 bits per heavy atom. The monoisotopic (exact) mass is 319 g/mol. The fourth-order valence-electron chi connectivity index (χ4n) is 1.50. The van der Waals surface area contributed by atoms with Crippen LogP contribution in [0.4, 0.5) is 9.59 Å². The van der Waals surface area contributed by atoms with Gasteiger partial charge in [-0.15, -0.1) is 0 Å². The van der Waals surface area contributed by atoms with Crippen LogP contribution in [-0.4, -0.2) is 49.5 Å². The molecule has 122 valence electrons. The van der Waals surface area contributed by atoms with Crippen molar-refractivity contribution in [1.29, 1.82) is 0 Å². The van der Waals surface area contributed by atoms with E-state index >= 15 is 0 Å². The first-order valence-corrected chi connectivity index (χ1v) is 6.69. The summed E-state index contributed by atoms with van der Waals surface area (Å²) in [5, 5.41) is 4.40. The van der Waals surface area contributed by atoms with Crippen molar-refractivity contribution >= 4 is 30.4 Å². The molecule has 0 heterocycles. The Bertz CT molecular complexity index is 586. The molecule has 1 aromatic rings. The van der Waals surface area contributed by atoms with Crippen molar-refractivity contribution in [3.05, 3.63) is 42.0 Å². The van der Waals surface area contributed by atoms with Crippen molar-refractivity contribution in [3.8, 4) is 0 Å². The van der Waals surface area contributed by atoms with Crippen molar-refractivity contribution in [3.63, 3.8) is 0 Å². The van der Waals surface area contributed by atoms with Crippen LogP contribution in [0.2, 0.25) is 0 Å². The van der Waals surface area contributed by atoms with E-state index in [4.69, 9.17) is 0 Å². The summed E-state index contributed by atoms with van der Waals surface area (Å²) in [7, 11) is 1.36. The zero-order valence-electron chi connectivity index (χ0n) is 12.5. The second-order valence-electron chi connectivity index (χ2n) is 4.17. The maximum Gasteiger partial charge on any atom is 0.408 e. The van der Waals surface area contributed by atoms with E-state index in [2.05, 4.69) is 15.4 Å². The molecule has 2 N–H and O–H groups in total. The molecule has 0 aliphatic carbocycles. The maximum atomic E-state index is 12.0. The van der Waals surface area contributed by atoms with Crippen LogP contribution in [0.1, 0.15) is 5.56 Å². The summed E-state index contributed by atoms with van der Waals surface area (Å²) in [5.74, 6) is -0.668. The first-order valence-electron chi connectivity index (χ1n) is 6.69. The molecule has 23 heavy (non-hydrogen) atoms. The Morgan fingerprint density at radius 1 is 1.22 bits per heavy atom. The minimum absolute atomic E-state index is 0.413. The van der Waals surface area contributed by atoms with Crippen LogP contribution >= 0.6 is 0 Å². The predicted molar refractivity (Wildman–Crippen MR) is 82.2 cm³/mol. The summed E-state index contributed by atoms with van der Waals surface area (Å²) in [5.41, 5.74) is 0.773. The molecule has 0 aliphatic heterocycles. The van der Waals surface area contributed by atoms with Gasteiger partial charge in [0.05, 0.1) is 6.54 Å². The average Bonchev–Trinajstić information content (AvgIpc) is 2.58. The number of rotatable bonds is 6. The Hall–Kier alpha value is -3.16. The summed E-state index contributed by atoms with van der Waals surface area (Å²) in [6.07, 6.45) is 2.39. The van der Waals surface area contributed by atoms with E-state index in [9.17, 15) is 19.2 Å². The topological polar surface area (TPSA) is 105 Å². The molecular formula is C15H17N3O5. The zero-order valence-corrected chi connectivity index (χ0v) is 12.5. The fraction of sp³-hybridized carbons (Fsp3) is 0.200. The van der Waals surface area contributed by atoms with E-state index in [0.717, 1.165) is 5.56 Å². The molecule has 8 nitrogen and oxygen atoms in total. The maximum absolute atomic E-state index is 12.0. The van der Waals surface area contributed by atoms with Crippen LogP contribution < -0.4 is 10.6 Å². The molecule has 0 saturated carbocycles. The van der Waals surface area contributed by atoms with Gasteiger partial charge in [0.2, 0.25) is 0 Å². The van der Waals surface area contributed by atoms with Crippen molar-refractivity contribution in [2.45, 2.75) is 0 Å². The second kappa shape index (κ2) is 9.72. The number of aldehydes is 1. The van der Waals surface area contributed by atoms with E-state index < -0.39 is 31.3 Å². The van der Waals surface area contributed by atoms with Crippen molar-refractivity contribution in [2.75, 3.05) is 20.3 Å². The van der Waals surface area contributed by atoms with E-state index in [1.807, 2.05) is 6.07 Å². The van der Waals surface area contributed by atoms with Gasteiger partial charge in [0, 0.05) is 13.1 Å². The molecule has 0 atom stereocenters. The largest absolute Gasteiger partial charge is 0.428 e. The lowest BCUT2D eigenvalue weighted by atomic mass is 10.2. The van der Waals surface area contributed by atoms with E-state index in [0.29, 0.717) is 11.2 Å². The van der Waals surface area contributed by atoms with Crippen molar-refractivity contribution < 1.29 is 23.9 Å². The SMILES string of the molecule is CNC(=O)OCNC(=O)N(CC=O)C(=O)/C=C/c1ccccc1. The van der Waals surface area contributed by atoms with E-state index in [1.165, 1.54) is 19.2 Å². The van der Waals surface area contributed by atoms with E-state index in [-0.39, 0.29) is 0 Å². The third-order valence-corrected chi connectivity index (χ3v) is 2.62. The Balaban J connectivity index is 2.63. The number of benzene rings is 1. The van der Waals surface area contributed by atoms with Crippen LogP contribution in [0.5, 0.6) is 0 Å². The molecule has 0 bridgehead atoms. The van der Waals surface area contributed by atoms with Crippen molar-refractivity contribution in [2.24, 2.45) is 0 Å². The van der Waals surface area contributed by atoms with Crippen molar-refractivity contribution in [1.82, 2.24) is 15.5 Å². The lowest BCUT2D eigenvalue weighted by Crippen LogP contribution is -2.45. The summed E-state index contributed by atoms with van der Waals surface area (Å²) in [6.45, 7) is -0.840. The molecule has 0 fully saturated rings. The molecule has 0 aromatic heterocycles. The van der Waals surface area contributed by atoms with Gasteiger partial charge in [-0.3, -0.25) is 9.69 Å². The number of urea groups is 1. The number of ether oxygens (including phenoxy) is 1. The van der Waals surface area contributed by atoms with Gasteiger partial charge in [0.15, 0.2) is 6.73 Å². The first-order chi connectivity index (χ1) is 11.1.